The number of hydrogen-bond donors (Lipinski definition) is 1. The van der Waals surface area contributed by atoms with E-state index in [1.54, 1.807) is 4.90 Å². The van der Waals surface area contributed by atoms with Crippen LogP contribution in [-0.4, -0.2) is 43.0 Å². The van der Waals surface area contributed by atoms with E-state index in [0.717, 1.165) is 10.2 Å². The van der Waals surface area contributed by atoms with E-state index in [0.29, 0.717) is 26.1 Å². The average molecular weight is 327 g/mol. The Balaban J connectivity index is 1.81. The maximum Gasteiger partial charge on any atom is 0.242 e. The van der Waals surface area contributed by atoms with Crippen molar-refractivity contribution in [1.82, 2.24) is 10.2 Å². The zero-order valence-corrected chi connectivity index (χ0v) is 12.0. The lowest BCUT2D eigenvalue weighted by Crippen LogP contribution is -2.37. The predicted octanol–water partition coefficient (Wildman–Crippen LogP) is 1.18. The van der Waals surface area contributed by atoms with Gasteiger partial charge in [-0.3, -0.25) is 9.59 Å². The van der Waals surface area contributed by atoms with Gasteiger partial charge in [0.25, 0.3) is 0 Å². The Bertz CT molecular complexity index is 479. The van der Waals surface area contributed by atoms with Crippen molar-refractivity contribution in [3.8, 4) is 5.75 Å². The van der Waals surface area contributed by atoms with E-state index in [2.05, 4.69) is 21.2 Å². The number of rotatable bonds is 4. The van der Waals surface area contributed by atoms with Crippen molar-refractivity contribution >= 4 is 27.7 Å². The molecule has 1 aliphatic rings. The van der Waals surface area contributed by atoms with Crippen LogP contribution in [-0.2, 0) is 9.59 Å². The molecule has 1 saturated heterocycles. The summed E-state index contributed by atoms with van der Waals surface area (Å²) in [5, 5.41) is 2.56. The molecule has 1 N–H and O–H groups in total. The van der Waals surface area contributed by atoms with Gasteiger partial charge in [-0.1, -0.05) is 22.0 Å². The third-order valence-electron chi connectivity index (χ3n) is 2.82. The zero-order valence-electron chi connectivity index (χ0n) is 10.4. The van der Waals surface area contributed by atoms with Crippen molar-refractivity contribution < 1.29 is 14.3 Å². The number of nitrogens with one attached hydrogen (secondary N) is 1. The van der Waals surface area contributed by atoms with Crippen molar-refractivity contribution in [3.63, 3.8) is 0 Å². The van der Waals surface area contributed by atoms with Gasteiger partial charge in [-0.25, -0.2) is 0 Å². The van der Waals surface area contributed by atoms with Crippen molar-refractivity contribution in [2.24, 2.45) is 0 Å². The smallest absolute Gasteiger partial charge is 0.242 e. The number of benzene rings is 1. The largest absolute Gasteiger partial charge is 0.492 e. The highest BCUT2D eigenvalue weighted by molar-refractivity contribution is 9.10. The highest BCUT2D eigenvalue weighted by Gasteiger charge is 2.19. The van der Waals surface area contributed by atoms with Crippen molar-refractivity contribution in [2.75, 3.05) is 26.2 Å². The molecule has 0 spiro atoms. The first-order valence-electron chi connectivity index (χ1n) is 6.08. The summed E-state index contributed by atoms with van der Waals surface area (Å²) < 4.78 is 6.53. The summed E-state index contributed by atoms with van der Waals surface area (Å²) in [6.07, 6.45) is 0.350. The van der Waals surface area contributed by atoms with Gasteiger partial charge >= 0.3 is 0 Å². The molecule has 5 nitrogen and oxygen atoms in total. The van der Waals surface area contributed by atoms with Gasteiger partial charge < -0.3 is 15.0 Å². The van der Waals surface area contributed by atoms with Crippen molar-refractivity contribution in [3.05, 3.63) is 28.7 Å². The lowest BCUT2D eigenvalue weighted by molar-refractivity contribution is -0.130. The molecule has 1 aromatic carbocycles. The maximum atomic E-state index is 11.7. The Hall–Kier alpha value is -1.56. The first-order valence-corrected chi connectivity index (χ1v) is 6.87. The van der Waals surface area contributed by atoms with Gasteiger partial charge in [0.15, 0.2) is 0 Å². The van der Waals surface area contributed by atoms with Gasteiger partial charge in [0.2, 0.25) is 11.8 Å². The standard InChI is InChI=1S/C13H15BrN2O3/c14-10-2-1-3-11(8-10)19-7-6-16-5-4-12(17)15-9-13(16)18/h1-3,8H,4-7,9H2,(H,15,17). The van der Waals surface area contributed by atoms with Crippen LogP contribution in [0.4, 0.5) is 0 Å². The minimum atomic E-state index is -0.0799. The van der Waals surface area contributed by atoms with Crippen LogP contribution in [0, 0.1) is 0 Å². The fraction of sp³-hybridized carbons (Fsp3) is 0.385. The average Bonchev–Trinajstić information content (AvgIpc) is 2.54. The molecule has 19 heavy (non-hydrogen) atoms. The minimum Gasteiger partial charge on any atom is -0.492 e. The molecule has 0 aliphatic carbocycles. The van der Waals surface area contributed by atoms with E-state index in [1.165, 1.54) is 0 Å². The van der Waals surface area contributed by atoms with E-state index >= 15 is 0 Å². The van der Waals surface area contributed by atoms with E-state index < -0.39 is 0 Å². The normalized spacial score (nSPS) is 15.9. The molecule has 1 aliphatic heterocycles. The minimum absolute atomic E-state index is 0.0660. The summed E-state index contributed by atoms with van der Waals surface area (Å²) in [4.78, 5) is 24.5. The third-order valence-corrected chi connectivity index (χ3v) is 3.32. The Morgan fingerprint density at radius 3 is 3.00 bits per heavy atom. The fourth-order valence-corrected chi connectivity index (χ4v) is 2.18. The van der Waals surface area contributed by atoms with Crippen LogP contribution in [0.3, 0.4) is 0 Å². The first-order chi connectivity index (χ1) is 9.15. The molecule has 0 bridgehead atoms. The Morgan fingerprint density at radius 2 is 2.21 bits per heavy atom. The fourth-order valence-electron chi connectivity index (χ4n) is 1.80. The highest BCUT2D eigenvalue weighted by Crippen LogP contribution is 2.17. The van der Waals surface area contributed by atoms with Gasteiger partial charge in [0.1, 0.15) is 12.4 Å². The van der Waals surface area contributed by atoms with Gasteiger partial charge in [0.05, 0.1) is 13.1 Å². The number of ether oxygens (including phenoxy) is 1. The molecule has 1 heterocycles. The number of carbonyl (C=O) groups excluding carboxylic acids is 2. The lowest BCUT2D eigenvalue weighted by atomic mass is 10.3. The summed E-state index contributed by atoms with van der Waals surface area (Å²) in [5.41, 5.74) is 0. The van der Waals surface area contributed by atoms with Gasteiger partial charge in [-0.2, -0.15) is 0 Å². The van der Waals surface area contributed by atoms with Crippen LogP contribution < -0.4 is 10.1 Å². The quantitative estimate of drug-likeness (QED) is 0.903. The molecule has 102 valence electrons. The van der Waals surface area contributed by atoms with Crippen LogP contribution in [0.15, 0.2) is 28.7 Å². The number of halogens is 1. The monoisotopic (exact) mass is 326 g/mol. The molecule has 0 unspecified atom stereocenters. The predicted molar refractivity (Wildman–Crippen MR) is 73.8 cm³/mol. The molecule has 6 heteroatoms. The first kappa shape index (κ1) is 13.9. The summed E-state index contributed by atoms with van der Waals surface area (Å²) in [6.45, 7) is 1.43. The van der Waals surface area contributed by atoms with Crippen LogP contribution in [0.25, 0.3) is 0 Å². The maximum absolute atomic E-state index is 11.7. The van der Waals surface area contributed by atoms with Gasteiger partial charge in [-0.05, 0) is 18.2 Å². The molecule has 1 fully saturated rings. The van der Waals surface area contributed by atoms with Crippen LogP contribution in [0.2, 0.25) is 0 Å². The van der Waals surface area contributed by atoms with Crippen LogP contribution >= 0.6 is 15.9 Å². The topological polar surface area (TPSA) is 58.6 Å². The zero-order chi connectivity index (χ0) is 13.7. The molecule has 1 aromatic rings. The molecular weight excluding hydrogens is 312 g/mol. The van der Waals surface area contributed by atoms with Crippen molar-refractivity contribution in [1.29, 1.82) is 0 Å². The number of hydrogen-bond acceptors (Lipinski definition) is 3. The van der Waals surface area contributed by atoms with Crippen molar-refractivity contribution in [2.45, 2.75) is 6.42 Å². The van der Waals surface area contributed by atoms with E-state index in [-0.39, 0.29) is 18.4 Å². The Morgan fingerprint density at radius 1 is 1.37 bits per heavy atom. The second kappa shape index (κ2) is 6.56. The number of carbonyl (C=O) groups is 2. The third kappa shape index (κ3) is 4.24. The van der Waals surface area contributed by atoms with Gasteiger partial charge in [0, 0.05) is 17.4 Å². The number of nitrogens with zero attached hydrogens (tertiary/aromatic N) is 1. The second-order valence-corrected chi connectivity index (χ2v) is 5.13. The lowest BCUT2D eigenvalue weighted by Gasteiger charge is -2.19. The molecule has 0 radical (unpaired) electrons. The van der Waals surface area contributed by atoms with Gasteiger partial charge in [-0.15, -0.1) is 0 Å². The van der Waals surface area contributed by atoms with E-state index in [1.807, 2.05) is 24.3 Å². The Kier molecular flexibility index (Phi) is 4.79. The molecule has 2 rings (SSSR count). The Labute approximate surface area is 120 Å². The van der Waals surface area contributed by atoms with Crippen LogP contribution in [0.5, 0.6) is 5.75 Å². The van der Waals surface area contributed by atoms with E-state index in [9.17, 15) is 9.59 Å². The molecule has 0 aromatic heterocycles. The summed E-state index contributed by atoms with van der Waals surface area (Å²) >= 11 is 3.37. The summed E-state index contributed by atoms with van der Waals surface area (Å²) in [5.74, 6) is 0.610. The molecule has 2 amide bonds. The van der Waals surface area contributed by atoms with E-state index in [4.69, 9.17) is 4.74 Å². The molecule has 0 atom stereocenters. The molecule has 0 saturated carbocycles. The summed E-state index contributed by atoms with van der Waals surface area (Å²) in [6, 6.07) is 7.54. The molecular formula is C13H15BrN2O3. The second-order valence-electron chi connectivity index (χ2n) is 4.21. The number of amides is 2. The SMILES string of the molecule is O=C1CCN(CCOc2cccc(Br)c2)C(=O)CN1. The highest BCUT2D eigenvalue weighted by atomic mass is 79.9. The van der Waals surface area contributed by atoms with Crippen LogP contribution in [0.1, 0.15) is 6.42 Å². The summed E-state index contributed by atoms with van der Waals surface area (Å²) in [7, 11) is 0.